The first-order valence-corrected chi connectivity index (χ1v) is 5.73. The summed E-state index contributed by atoms with van der Waals surface area (Å²) in [6.45, 7) is 0. The number of rotatable bonds is 2. The van der Waals surface area contributed by atoms with Gasteiger partial charge in [-0.25, -0.2) is 0 Å². The monoisotopic (exact) mass is 330 g/mol. The zero-order valence-electron chi connectivity index (χ0n) is 10.5. The zero-order valence-corrected chi connectivity index (χ0v) is 11.2. The van der Waals surface area contributed by atoms with E-state index in [1.807, 2.05) is 0 Å². The van der Waals surface area contributed by atoms with Gasteiger partial charge < -0.3 is 5.73 Å². The van der Waals surface area contributed by atoms with Gasteiger partial charge in [0, 0.05) is 7.05 Å². The van der Waals surface area contributed by atoms with Crippen molar-refractivity contribution in [1.29, 1.82) is 0 Å². The molecule has 0 radical (unpaired) electrons. The fraction of sp³-hybridized carbons (Fsp3) is 0.250. The molecule has 1 aromatic carbocycles. The topological polar surface area (TPSA) is 38.4 Å². The molecule has 0 spiro atoms. The minimum atomic E-state index is -4.82. The molecular formula is C12H9ClF6N2. The van der Waals surface area contributed by atoms with E-state index in [2.05, 4.69) is 4.99 Å². The zero-order chi connectivity index (χ0) is 16.4. The van der Waals surface area contributed by atoms with Crippen LogP contribution in [0, 0.1) is 0 Å². The standard InChI is InChI=1S/C12H9ClF6N2/c1-21-10(12(17,18)19)8(13)9(20)6-2-4-7(5-3-6)11(14,15)16/h2-5H,20H2,1H3. The second-order valence-corrected chi connectivity index (χ2v) is 4.25. The predicted octanol–water partition coefficient (Wildman–Crippen LogP) is 4.20. The minimum absolute atomic E-state index is 0.0709. The summed E-state index contributed by atoms with van der Waals surface area (Å²) < 4.78 is 75.0. The van der Waals surface area contributed by atoms with Gasteiger partial charge in [0.15, 0.2) is 5.71 Å². The van der Waals surface area contributed by atoms with Crippen LogP contribution < -0.4 is 5.73 Å². The molecule has 0 heterocycles. The van der Waals surface area contributed by atoms with Gasteiger partial charge in [0.05, 0.1) is 16.3 Å². The number of hydrogen-bond acceptors (Lipinski definition) is 2. The predicted molar refractivity (Wildman–Crippen MR) is 67.8 cm³/mol. The van der Waals surface area contributed by atoms with Crippen molar-refractivity contribution in [2.45, 2.75) is 12.4 Å². The van der Waals surface area contributed by atoms with Crippen LogP contribution in [0.25, 0.3) is 5.70 Å². The molecule has 0 fully saturated rings. The van der Waals surface area contributed by atoms with Gasteiger partial charge in [-0.1, -0.05) is 23.7 Å². The van der Waals surface area contributed by atoms with E-state index < -0.39 is 34.4 Å². The Kier molecular flexibility index (Phi) is 4.93. The third kappa shape index (κ3) is 4.13. The van der Waals surface area contributed by atoms with Gasteiger partial charge >= 0.3 is 12.4 Å². The van der Waals surface area contributed by atoms with Crippen LogP contribution in [0.1, 0.15) is 11.1 Å². The second-order valence-electron chi connectivity index (χ2n) is 3.87. The molecule has 0 saturated carbocycles. The minimum Gasteiger partial charge on any atom is -0.397 e. The summed E-state index contributed by atoms with van der Waals surface area (Å²) in [4.78, 5) is 3.00. The highest BCUT2D eigenvalue weighted by Crippen LogP contribution is 2.31. The van der Waals surface area contributed by atoms with Crippen molar-refractivity contribution in [1.82, 2.24) is 0 Å². The Bertz CT molecular complexity index is 569. The van der Waals surface area contributed by atoms with Gasteiger partial charge in [-0.3, -0.25) is 4.99 Å². The average molecular weight is 331 g/mol. The van der Waals surface area contributed by atoms with E-state index in [1.54, 1.807) is 0 Å². The Hall–Kier alpha value is -1.70. The number of hydrogen-bond donors (Lipinski definition) is 1. The quantitative estimate of drug-likeness (QED) is 0.640. The summed E-state index contributed by atoms with van der Waals surface area (Å²) in [6, 6.07) is 3.26. The Morgan fingerprint density at radius 1 is 1.05 bits per heavy atom. The lowest BCUT2D eigenvalue weighted by molar-refractivity contribution is -0.137. The Morgan fingerprint density at radius 3 is 1.86 bits per heavy atom. The number of allylic oxidation sites excluding steroid dienone is 1. The third-order valence-corrected chi connectivity index (χ3v) is 2.84. The Balaban J connectivity index is 3.24. The molecule has 0 aliphatic rings. The highest BCUT2D eigenvalue weighted by Gasteiger charge is 2.38. The van der Waals surface area contributed by atoms with Gasteiger partial charge in [0.25, 0.3) is 0 Å². The first kappa shape index (κ1) is 17.4. The molecule has 0 aliphatic heterocycles. The Labute approximate surface area is 120 Å². The third-order valence-electron chi connectivity index (χ3n) is 2.46. The lowest BCUT2D eigenvalue weighted by atomic mass is 10.1. The molecule has 0 bridgehead atoms. The summed E-state index contributed by atoms with van der Waals surface area (Å²) in [7, 11) is 0.880. The van der Waals surface area contributed by atoms with E-state index >= 15 is 0 Å². The second kappa shape index (κ2) is 5.97. The van der Waals surface area contributed by atoms with Crippen molar-refractivity contribution in [3.63, 3.8) is 0 Å². The first-order chi connectivity index (χ1) is 9.48. The van der Waals surface area contributed by atoms with Crippen LogP contribution >= 0.6 is 11.6 Å². The van der Waals surface area contributed by atoms with Crippen LogP contribution in [0.3, 0.4) is 0 Å². The van der Waals surface area contributed by atoms with Crippen molar-refractivity contribution in [3.05, 3.63) is 40.4 Å². The normalized spacial score (nSPS) is 15.0. The maximum atomic E-state index is 12.6. The average Bonchev–Trinajstić information content (AvgIpc) is 2.36. The summed E-state index contributed by atoms with van der Waals surface area (Å²) in [5.41, 5.74) is 2.52. The Morgan fingerprint density at radius 2 is 1.52 bits per heavy atom. The SMILES string of the molecule is CN=C(C(Cl)=C(N)c1ccc(C(F)(F)F)cc1)C(F)(F)F. The van der Waals surface area contributed by atoms with Gasteiger partial charge in [0.2, 0.25) is 0 Å². The summed E-state index contributed by atoms with van der Waals surface area (Å²) in [6.07, 6.45) is -9.37. The number of halogens is 7. The number of nitrogens with zero attached hydrogens (tertiary/aromatic N) is 1. The molecule has 2 nitrogen and oxygen atoms in total. The maximum Gasteiger partial charge on any atom is 0.434 e. The number of nitrogens with two attached hydrogens (primary N) is 1. The van der Waals surface area contributed by atoms with E-state index in [0.29, 0.717) is 12.1 Å². The van der Waals surface area contributed by atoms with Crippen molar-refractivity contribution in [2.75, 3.05) is 7.05 Å². The maximum absolute atomic E-state index is 12.6. The van der Waals surface area contributed by atoms with Gasteiger partial charge in [-0.2, -0.15) is 26.3 Å². The molecule has 0 saturated heterocycles. The fourth-order valence-corrected chi connectivity index (χ4v) is 1.74. The van der Waals surface area contributed by atoms with Crippen molar-refractivity contribution in [2.24, 2.45) is 10.7 Å². The molecule has 0 amide bonds. The van der Waals surface area contributed by atoms with Gasteiger partial charge in [-0.15, -0.1) is 0 Å². The van der Waals surface area contributed by atoms with Crippen LogP contribution in [0.5, 0.6) is 0 Å². The lowest BCUT2D eigenvalue weighted by Crippen LogP contribution is -2.25. The molecule has 0 unspecified atom stereocenters. The van der Waals surface area contributed by atoms with E-state index in [1.165, 1.54) is 0 Å². The molecule has 2 N–H and O–H groups in total. The fourth-order valence-electron chi connectivity index (χ4n) is 1.44. The van der Waals surface area contributed by atoms with Crippen molar-refractivity contribution >= 4 is 23.0 Å². The van der Waals surface area contributed by atoms with Crippen molar-refractivity contribution in [3.8, 4) is 0 Å². The summed E-state index contributed by atoms with van der Waals surface area (Å²) in [5.74, 6) is 0. The molecule has 0 aliphatic carbocycles. The number of benzene rings is 1. The van der Waals surface area contributed by atoms with E-state index in [9.17, 15) is 26.3 Å². The highest BCUT2D eigenvalue weighted by molar-refractivity contribution is 6.47. The van der Waals surface area contributed by atoms with Crippen LogP contribution in [-0.2, 0) is 6.18 Å². The summed E-state index contributed by atoms with van der Waals surface area (Å²) >= 11 is 5.53. The van der Waals surface area contributed by atoms with Crippen LogP contribution in [0.4, 0.5) is 26.3 Å². The molecule has 0 atom stereocenters. The molecule has 116 valence electrons. The number of alkyl halides is 6. The van der Waals surface area contributed by atoms with Gasteiger partial charge in [0.1, 0.15) is 0 Å². The van der Waals surface area contributed by atoms with E-state index in [4.69, 9.17) is 17.3 Å². The molecule has 9 heteroatoms. The molecule has 21 heavy (non-hydrogen) atoms. The van der Waals surface area contributed by atoms with E-state index in [-0.39, 0.29) is 5.56 Å². The van der Waals surface area contributed by atoms with E-state index in [0.717, 1.165) is 19.2 Å². The van der Waals surface area contributed by atoms with Crippen LogP contribution in [-0.4, -0.2) is 18.9 Å². The largest absolute Gasteiger partial charge is 0.434 e. The molecule has 1 aromatic rings. The molecule has 1 rings (SSSR count). The number of aliphatic imine (C=N–C) groups is 1. The molecule has 0 aromatic heterocycles. The first-order valence-electron chi connectivity index (χ1n) is 5.35. The van der Waals surface area contributed by atoms with Gasteiger partial charge in [-0.05, 0) is 17.7 Å². The summed E-state index contributed by atoms with van der Waals surface area (Å²) in [5, 5.41) is -0.871. The smallest absolute Gasteiger partial charge is 0.397 e. The highest BCUT2D eigenvalue weighted by atomic mass is 35.5. The van der Waals surface area contributed by atoms with Crippen molar-refractivity contribution < 1.29 is 26.3 Å². The lowest BCUT2D eigenvalue weighted by Gasteiger charge is -2.12. The molecular weight excluding hydrogens is 322 g/mol. The van der Waals surface area contributed by atoms with Crippen LogP contribution in [0.2, 0.25) is 0 Å². The van der Waals surface area contributed by atoms with Crippen LogP contribution in [0.15, 0.2) is 34.3 Å².